The Hall–Kier alpha value is -1.06. The van der Waals surface area contributed by atoms with Crippen molar-refractivity contribution in [3.8, 4) is 0 Å². The normalized spacial score (nSPS) is 10.4. The van der Waals surface area contributed by atoms with Crippen molar-refractivity contribution in [1.29, 1.82) is 0 Å². The molecule has 0 heterocycles. The lowest BCUT2D eigenvalue weighted by atomic mass is 10.1. The fourth-order valence-corrected chi connectivity index (χ4v) is 2.66. The molecule has 0 saturated carbocycles. The van der Waals surface area contributed by atoms with Crippen LogP contribution in [0, 0.1) is 20.8 Å². The van der Waals surface area contributed by atoms with E-state index in [-0.39, 0.29) is 18.3 Å². The molecule has 120 valence electrons. The Balaban J connectivity index is 0.00000400. The van der Waals surface area contributed by atoms with Gasteiger partial charge in [0.05, 0.1) is 6.54 Å². The van der Waals surface area contributed by atoms with E-state index in [9.17, 15) is 4.79 Å². The molecular formula is C17H29ClN2O. The summed E-state index contributed by atoms with van der Waals surface area (Å²) in [6, 6.07) is 4.22. The van der Waals surface area contributed by atoms with Gasteiger partial charge in [-0.1, -0.05) is 31.5 Å². The van der Waals surface area contributed by atoms with E-state index >= 15 is 0 Å². The summed E-state index contributed by atoms with van der Waals surface area (Å²) >= 11 is 0. The molecule has 4 heteroatoms. The number of anilines is 1. The Morgan fingerprint density at radius 2 is 1.52 bits per heavy atom. The Bertz CT molecular complexity index is 431. The van der Waals surface area contributed by atoms with Crippen molar-refractivity contribution >= 4 is 24.0 Å². The molecule has 0 radical (unpaired) electrons. The second-order valence-corrected chi connectivity index (χ2v) is 5.60. The van der Waals surface area contributed by atoms with Crippen molar-refractivity contribution in [3.63, 3.8) is 0 Å². The van der Waals surface area contributed by atoms with E-state index in [0.717, 1.165) is 42.7 Å². The number of rotatable bonds is 7. The van der Waals surface area contributed by atoms with Crippen LogP contribution < -0.4 is 5.32 Å². The number of carbonyl (C=O) groups excluding carboxylic acids is 1. The first-order chi connectivity index (χ1) is 9.47. The monoisotopic (exact) mass is 312 g/mol. The number of carbonyl (C=O) groups is 1. The van der Waals surface area contributed by atoms with Crippen molar-refractivity contribution in [1.82, 2.24) is 4.90 Å². The van der Waals surface area contributed by atoms with Gasteiger partial charge in [0.2, 0.25) is 5.91 Å². The van der Waals surface area contributed by atoms with E-state index in [1.807, 2.05) is 13.8 Å². The molecule has 1 amide bonds. The predicted molar refractivity (Wildman–Crippen MR) is 93.6 cm³/mol. The number of halogens is 1. The highest BCUT2D eigenvalue weighted by atomic mass is 35.5. The van der Waals surface area contributed by atoms with Crippen LogP contribution in [0.5, 0.6) is 0 Å². The zero-order chi connectivity index (χ0) is 15.1. The maximum Gasteiger partial charge on any atom is 0.238 e. The minimum atomic E-state index is 0. The first-order valence-corrected chi connectivity index (χ1v) is 7.58. The summed E-state index contributed by atoms with van der Waals surface area (Å²) in [6.45, 7) is 12.9. The average Bonchev–Trinajstić information content (AvgIpc) is 2.34. The van der Waals surface area contributed by atoms with Crippen molar-refractivity contribution in [2.24, 2.45) is 0 Å². The topological polar surface area (TPSA) is 32.3 Å². The molecule has 1 rings (SSSR count). The minimum Gasteiger partial charge on any atom is -0.324 e. The fraction of sp³-hybridized carbons (Fsp3) is 0.588. The summed E-state index contributed by atoms with van der Waals surface area (Å²) in [5.41, 5.74) is 4.46. The Morgan fingerprint density at radius 3 is 1.95 bits per heavy atom. The molecule has 1 aromatic carbocycles. The lowest BCUT2D eigenvalue weighted by Crippen LogP contribution is -2.34. The van der Waals surface area contributed by atoms with Gasteiger partial charge in [-0.2, -0.15) is 0 Å². The van der Waals surface area contributed by atoms with Gasteiger partial charge in [-0.15, -0.1) is 12.4 Å². The zero-order valence-electron chi connectivity index (χ0n) is 14.0. The van der Waals surface area contributed by atoms with Crippen LogP contribution in [0.15, 0.2) is 12.1 Å². The van der Waals surface area contributed by atoms with Gasteiger partial charge in [-0.3, -0.25) is 9.69 Å². The van der Waals surface area contributed by atoms with Crippen molar-refractivity contribution in [3.05, 3.63) is 28.8 Å². The van der Waals surface area contributed by atoms with Gasteiger partial charge < -0.3 is 5.32 Å². The minimum absolute atomic E-state index is 0. The Kier molecular flexibility index (Phi) is 9.31. The summed E-state index contributed by atoms with van der Waals surface area (Å²) in [6.07, 6.45) is 2.16. The first-order valence-electron chi connectivity index (χ1n) is 7.58. The van der Waals surface area contributed by atoms with Gasteiger partial charge in [0, 0.05) is 5.69 Å². The molecule has 1 aromatic rings. The number of hydrogen-bond acceptors (Lipinski definition) is 2. The van der Waals surface area contributed by atoms with Crippen LogP contribution >= 0.6 is 12.4 Å². The third-order valence-corrected chi connectivity index (χ3v) is 3.39. The molecule has 0 fully saturated rings. The van der Waals surface area contributed by atoms with Crippen LogP contribution in [-0.4, -0.2) is 30.4 Å². The lowest BCUT2D eigenvalue weighted by molar-refractivity contribution is -0.117. The average molecular weight is 313 g/mol. The van der Waals surface area contributed by atoms with Crippen LogP contribution in [-0.2, 0) is 4.79 Å². The highest BCUT2D eigenvalue weighted by Gasteiger charge is 2.12. The van der Waals surface area contributed by atoms with Crippen molar-refractivity contribution in [2.45, 2.75) is 47.5 Å². The molecule has 0 bridgehead atoms. The molecule has 0 aliphatic carbocycles. The highest BCUT2D eigenvalue weighted by Crippen LogP contribution is 2.21. The number of nitrogens with zero attached hydrogens (tertiary/aromatic N) is 1. The summed E-state index contributed by atoms with van der Waals surface area (Å²) < 4.78 is 0. The number of aryl methyl sites for hydroxylation is 3. The van der Waals surface area contributed by atoms with Gasteiger partial charge in [0.15, 0.2) is 0 Å². The second-order valence-electron chi connectivity index (χ2n) is 5.60. The molecule has 3 nitrogen and oxygen atoms in total. The third-order valence-electron chi connectivity index (χ3n) is 3.39. The van der Waals surface area contributed by atoms with Gasteiger partial charge in [-0.25, -0.2) is 0 Å². The van der Waals surface area contributed by atoms with E-state index in [1.165, 1.54) is 5.56 Å². The zero-order valence-corrected chi connectivity index (χ0v) is 14.8. The quantitative estimate of drug-likeness (QED) is 0.822. The van der Waals surface area contributed by atoms with Gasteiger partial charge >= 0.3 is 0 Å². The van der Waals surface area contributed by atoms with Crippen LogP contribution in [0.3, 0.4) is 0 Å². The lowest BCUT2D eigenvalue weighted by Gasteiger charge is -2.21. The first kappa shape index (κ1) is 19.9. The van der Waals surface area contributed by atoms with Crippen LogP contribution in [0.4, 0.5) is 5.69 Å². The summed E-state index contributed by atoms with van der Waals surface area (Å²) in [5, 5.41) is 3.07. The predicted octanol–water partition coefficient (Wildman–Crippen LogP) is 4.09. The van der Waals surface area contributed by atoms with E-state index < -0.39 is 0 Å². The summed E-state index contributed by atoms with van der Waals surface area (Å²) in [5.74, 6) is 0.0851. The number of amides is 1. The molecule has 0 aromatic heterocycles. The molecular weight excluding hydrogens is 284 g/mol. The van der Waals surface area contributed by atoms with Gasteiger partial charge in [0.25, 0.3) is 0 Å². The Morgan fingerprint density at radius 1 is 1.05 bits per heavy atom. The number of hydrogen-bond donors (Lipinski definition) is 1. The maximum atomic E-state index is 12.2. The molecule has 1 N–H and O–H groups in total. The van der Waals surface area contributed by atoms with Crippen LogP contribution in [0.1, 0.15) is 43.4 Å². The van der Waals surface area contributed by atoms with Crippen LogP contribution in [0.2, 0.25) is 0 Å². The Labute approximate surface area is 135 Å². The molecule has 21 heavy (non-hydrogen) atoms. The largest absolute Gasteiger partial charge is 0.324 e. The summed E-state index contributed by atoms with van der Waals surface area (Å²) in [7, 11) is 0. The van der Waals surface area contributed by atoms with E-state index in [0.29, 0.717) is 6.54 Å². The smallest absolute Gasteiger partial charge is 0.238 e. The fourth-order valence-electron chi connectivity index (χ4n) is 2.66. The van der Waals surface area contributed by atoms with E-state index in [4.69, 9.17) is 0 Å². The van der Waals surface area contributed by atoms with Gasteiger partial charge in [-0.05, 0) is 57.8 Å². The third kappa shape index (κ3) is 6.49. The number of nitrogens with one attached hydrogen (secondary N) is 1. The second kappa shape index (κ2) is 9.80. The molecule has 0 saturated heterocycles. The number of benzene rings is 1. The molecule has 0 atom stereocenters. The summed E-state index contributed by atoms with van der Waals surface area (Å²) in [4.78, 5) is 14.4. The van der Waals surface area contributed by atoms with Crippen molar-refractivity contribution in [2.75, 3.05) is 25.0 Å². The molecule has 0 aliphatic rings. The van der Waals surface area contributed by atoms with E-state index in [2.05, 4.69) is 43.1 Å². The highest BCUT2D eigenvalue weighted by molar-refractivity contribution is 5.93. The van der Waals surface area contributed by atoms with Gasteiger partial charge in [0.1, 0.15) is 0 Å². The van der Waals surface area contributed by atoms with Crippen molar-refractivity contribution < 1.29 is 4.79 Å². The molecule has 0 unspecified atom stereocenters. The molecule has 0 spiro atoms. The van der Waals surface area contributed by atoms with E-state index in [1.54, 1.807) is 0 Å². The SMILES string of the molecule is CCCN(CCC)CC(=O)Nc1c(C)cc(C)cc1C.Cl. The van der Waals surface area contributed by atoms with Crippen LogP contribution in [0.25, 0.3) is 0 Å². The standard InChI is InChI=1S/C17H28N2O.ClH/c1-6-8-19(9-7-2)12-16(20)18-17-14(4)10-13(3)11-15(17)5;/h10-11H,6-9,12H2,1-5H3,(H,18,20);1H. The maximum absolute atomic E-state index is 12.2. The molecule has 0 aliphatic heterocycles.